The number of carbonyl (C=O) groups is 1. The van der Waals surface area contributed by atoms with Crippen molar-refractivity contribution in [2.45, 2.75) is 13.5 Å². The van der Waals surface area contributed by atoms with Gasteiger partial charge in [-0.3, -0.25) is 0 Å². The Morgan fingerprint density at radius 2 is 1.90 bits per heavy atom. The van der Waals surface area contributed by atoms with E-state index in [2.05, 4.69) is 15.9 Å². The number of rotatable bonds is 4. The van der Waals surface area contributed by atoms with Crippen molar-refractivity contribution in [1.82, 2.24) is 0 Å². The number of methoxy groups -OCH3 is 1. The van der Waals surface area contributed by atoms with E-state index < -0.39 is 0 Å². The first-order valence-corrected chi connectivity index (χ1v) is 6.96. The van der Waals surface area contributed by atoms with Gasteiger partial charge in [-0.25, -0.2) is 4.79 Å². The zero-order valence-corrected chi connectivity index (χ0v) is 12.9. The fraction of sp³-hybridized carbons (Fsp3) is 0.188. The maximum atomic E-state index is 11.7. The van der Waals surface area contributed by atoms with Gasteiger partial charge in [0, 0.05) is 4.47 Å². The minimum atomic E-state index is -0.388. The van der Waals surface area contributed by atoms with Crippen molar-refractivity contribution in [1.29, 1.82) is 0 Å². The molecule has 0 aliphatic heterocycles. The van der Waals surface area contributed by atoms with Crippen molar-refractivity contribution >= 4 is 21.9 Å². The van der Waals surface area contributed by atoms with E-state index in [-0.39, 0.29) is 5.97 Å². The van der Waals surface area contributed by atoms with Gasteiger partial charge in [0.15, 0.2) is 0 Å². The molecule has 0 unspecified atom stereocenters. The predicted molar refractivity (Wildman–Crippen MR) is 81.0 cm³/mol. The predicted octanol–water partition coefficient (Wildman–Crippen LogP) is 4.12. The second kappa shape index (κ2) is 6.57. The maximum Gasteiger partial charge on any atom is 0.339 e. The number of aryl methyl sites for hydroxylation is 1. The smallest absolute Gasteiger partial charge is 0.339 e. The highest BCUT2D eigenvalue weighted by Gasteiger charge is 2.14. The van der Waals surface area contributed by atoms with Crippen LogP contribution < -0.4 is 4.74 Å². The monoisotopic (exact) mass is 334 g/mol. The van der Waals surface area contributed by atoms with Crippen molar-refractivity contribution in [2.24, 2.45) is 0 Å². The SMILES string of the molecule is COC(=O)c1cc(OCc2ccccc2)c(C)cc1Br. The van der Waals surface area contributed by atoms with E-state index in [1.165, 1.54) is 7.11 Å². The maximum absolute atomic E-state index is 11.7. The molecule has 0 saturated heterocycles. The van der Waals surface area contributed by atoms with Gasteiger partial charge < -0.3 is 9.47 Å². The summed E-state index contributed by atoms with van der Waals surface area (Å²) in [5.41, 5.74) is 2.50. The van der Waals surface area contributed by atoms with E-state index in [4.69, 9.17) is 9.47 Å². The van der Waals surface area contributed by atoms with Crippen molar-refractivity contribution in [3.05, 3.63) is 63.6 Å². The summed E-state index contributed by atoms with van der Waals surface area (Å²) < 4.78 is 11.2. The lowest BCUT2D eigenvalue weighted by atomic mass is 10.1. The Morgan fingerprint density at radius 1 is 1.20 bits per heavy atom. The third kappa shape index (κ3) is 3.39. The van der Waals surface area contributed by atoms with Crippen molar-refractivity contribution in [2.75, 3.05) is 7.11 Å². The Bertz CT molecular complexity index is 609. The van der Waals surface area contributed by atoms with Gasteiger partial charge >= 0.3 is 5.97 Å². The largest absolute Gasteiger partial charge is 0.489 e. The lowest BCUT2D eigenvalue weighted by molar-refractivity contribution is 0.0599. The molecular weight excluding hydrogens is 320 g/mol. The van der Waals surface area contributed by atoms with Gasteiger partial charge in [0.25, 0.3) is 0 Å². The van der Waals surface area contributed by atoms with E-state index in [1.807, 2.05) is 43.3 Å². The molecule has 0 heterocycles. The van der Waals surface area contributed by atoms with Gasteiger partial charge in [-0.1, -0.05) is 30.3 Å². The molecule has 0 fully saturated rings. The topological polar surface area (TPSA) is 35.5 Å². The highest BCUT2D eigenvalue weighted by molar-refractivity contribution is 9.10. The number of hydrogen-bond donors (Lipinski definition) is 0. The van der Waals surface area contributed by atoms with E-state index in [1.54, 1.807) is 6.07 Å². The zero-order valence-electron chi connectivity index (χ0n) is 11.4. The first kappa shape index (κ1) is 14.6. The molecule has 4 heteroatoms. The van der Waals surface area contributed by atoms with E-state index in [0.29, 0.717) is 22.4 Å². The third-order valence-corrected chi connectivity index (χ3v) is 3.56. The summed E-state index contributed by atoms with van der Waals surface area (Å²) in [5.74, 6) is 0.291. The quantitative estimate of drug-likeness (QED) is 0.789. The van der Waals surface area contributed by atoms with Crippen LogP contribution in [0.1, 0.15) is 21.5 Å². The van der Waals surface area contributed by atoms with Crippen LogP contribution in [0, 0.1) is 6.92 Å². The Hall–Kier alpha value is -1.81. The molecule has 0 aliphatic rings. The van der Waals surface area contributed by atoms with E-state index >= 15 is 0 Å². The molecule has 2 rings (SSSR count). The van der Waals surface area contributed by atoms with Crippen LogP contribution in [0.15, 0.2) is 46.9 Å². The molecular formula is C16H15BrO3. The summed E-state index contributed by atoms with van der Waals surface area (Å²) in [5, 5.41) is 0. The summed E-state index contributed by atoms with van der Waals surface area (Å²) in [6.45, 7) is 2.40. The van der Waals surface area contributed by atoms with Crippen LogP contribution in [0.2, 0.25) is 0 Å². The van der Waals surface area contributed by atoms with E-state index in [0.717, 1.165) is 11.1 Å². The Morgan fingerprint density at radius 3 is 2.55 bits per heavy atom. The third-order valence-electron chi connectivity index (χ3n) is 2.91. The molecule has 0 N–H and O–H groups in total. The molecule has 0 radical (unpaired) electrons. The van der Waals surface area contributed by atoms with Crippen LogP contribution in [-0.2, 0) is 11.3 Å². The van der Waals surface area contributed by atoms with Crippen LogP contribution in [0.3, 0.4) is 0 Å². The summed E-state index contributed by atoms with van der Waals surface area (Å²) in [6, 6.07) is 13.4. The van der Waals surface area contributed by atoms with Crippen LogP contribution in [-0.4, -0.2) is 13.1 Å². The van der Waals surface area contributed by atoms with Crippen molar-refractivity contribution in [3.63, 3.8) is 0 Å². The minimum Gasteiger partial charge on any atom is -0.489 e. The zero-order chi connectivity index (χ0) is 14.5. The first-order chi connectivity index (χ1) is 9.61. The number of ether oxygens (including phenoxy) is 2. The number of carbonyl (C=O) groups excluding carboxylic acids is 1. The molecule has 2 aromatic rings. The molecule has 0 atom stereocenters. The molecule has 104 valence electrons. The lowest BCUT2D eigenvalue weighted by Crippen LogP contribution is -2.04. The molecule has 0 saturated carbocycles. The van der Waals surface area contributed by atoms with Crippen LogP contribution in [0.4, 0.5) is 0 Å². The Balaban J connectivity index is 2.21. The normalized spacial score (nSPS) is 10.2. The standard InChI is InChI=1S/C16H15BrO3/c1-11-8-14(17)13(16(18)19-2)9-15(11)20-10-12-6-4-3-5-7-12/h3-9H,10H2,1-2H3. The minimum absolute atomic E-state index is 0.388. The lowest BCUT2D eigenvalue weighted by Gasteiger charge is -2.12. The van der Waals surface area contributed by atoms with Crippen LogP contribution in [0.25, 0.3) is 0 Å². The second-order valence-corrected chi connectivity index (χ2v) is 5.22. The van der Waals surface area contributed by atoms with Gasteiger partial charge in [-0.2, -0.15) is 0 Å². The molecule has 0 spiro atoms. The van der Waals surface area contributed by atoms with Crippen molar-refractivity contribution in [3.8, 4) is 5.75 Å². The van der Waals surface area contributed by atoms with Gasteiger partial charge in [0.05, 0.1) is 12.7 Å². The number of halogens is 1. The first-order valence-electron chi connectivity index (χ1n) is 6.17. The molecule has 0 bridgehead atoms. The van der Waals surface area contributed by atoms with Crippen molar-refractivity contribution < 1.29 is 14.3 Å². The highest BCUT2D eigenvalue weighted by Crippen LogP contribution is 2.28. The Kier molecular flexibility index (Phi) is 4.79. The van der Waals surface area contributed by atoms with Gasteiger partial charge in [0.1, 0.15) is 12.4 Å². The number of esters is 1. The summed E-state index contributed by atoms with van der Waals surface area (Å²) in [7, 11) is 1.36. The average Bonchev–Trinajstić information content (AvgIpc) is 2.46. The van der Waals surface area contributed by atoms with Crippen LogP contribution in [0.5, 0.6) is 5.75 Å². The second-order valence-electron chi connectivity index (χ2n) is 4.36. The molecule has 2 aromatic carbocycles. The fourth-order valence-electron chi connectivity index (χ4n) is 1.81. The van der Waals surface area contributed by atoms with Gasteiger partial charge in [-0.15, -0.1) is 0 Å². The average molecular weight is 335 g/mol. The van der Waals surface area contributed by atoms with Gasteiger partial charge in [0.2, 0.25) is 0 Å². The molecule has 3 nitrogen and oxygen atoms in total. The summed E-state index contributed by atoms with van der Waals surface area (Å²) >= 11 is 3.36. The van der Waals surface area contributed by atoms with Gasteiger partial charge in [-0.05, 0) is 46.1 Å². The highest BCUT2D eigenvalue weighted by atomic mass is 79.9. The summed E-state index contributed by atoms with van der Waals surface area (Å²) in [4.78, 5) is 11.7. The number of benzene rings is 2. The fourth-order valence-corrected chi connectivity index (χ4v) is 2.43. The molecule has 0 amide bonds. The van der Waals surface area contributed by atoms with E-state index in [9.17, 15) is 4.79 Å². The summed E-state index contributed by atoms with van der Waals surface area (Å²) in [6.07, 6.45) is 0. The molecule has 0 aromatic heterocycles. The molecule has 0 aliphatic carbocycles. The van der Waals surface area contributed by atoms with Crippen LogP contribution >= 0.6 is 15.9 Å². The Labute approximate surface area is 126 Å². The molecule has 20 heavy (non-hydrogen) atoms. The number of hydrogen-bond acceptors (Lipinski definition) is 3.